The van der Waals surface area contributed by atoms with E-state index in [0.29, 0.717) is 18.8 Å². The van der Waals surface area contributed by atoms with Crippen molar-refractivity contribution in [3.8, 4) is 0 Å². The summed E-state index contributed by atoms with van der Waals surface area (Å²) in [5.74, 6) is 0.517. The molecule has 0 fully saturated rings. The lowest BCUT2D eigenvalue weighted by atomic mass is 10.1. The summed E-state index contributed by atoms with van der Waals surface area (Å²) < 4.78 is 1.58. The SMILES string of the molecule is Cc1nnnn1C(Cc1ccccc1)C(=O)NCc1ccccc1. The Morgan fingerprint density at radius 2 is 1.67 bits per heavy atom. The molecule has 3 aromatic rings. The summed E-state index contributed by atoms with van der Waals surface area (Å²) in [6, 6.07) is 19.2. The first kappa shape index (κ1) is 15.9. The van der Waals surface area contributed by atoms with Gasteiger partial charge in [-0.2, -0.15) is 0 Å². The van der Waals surface area contributed by atoms with Gasteiger partial charge < -0.3 is 5.32 Å². The smallest absolute Gasteiger partial charge is 0.245 e. The molecule has 0 aliphatic carbocycles. The maximum Gasteiger partial charge on any atom is 0.245 e. The van der Waals surface area contributed by atoms with Crippen molar-refractivity contribution in [3.63, 3.8) is 0 Å². The first-order valence-corrected chi connectivity index (χ1v) is 7.84. The molecule has 24 heavy (non-hydrogen) atoms. The van der Waals surface area contributed by atoms with Gasteiger partial charge >= 0.3 is 0 Å². The van der Waals surface area contributed by atoms with Crippen molar-refractivity contribution in [2.24, 2.45) is 0 Å². The molecule has 0 saturated carbocycles. The van der Waals surface area contributed by atoms with Crippen molar-refractivity contribution >= 4 is 5.91 Å². The number of hydrogen-bond donors (Lipinski definition) is 1. The second-order valence-corrected chi connectivity index (χ2v) is 5.58. The normalized spacial score (nSPS) is 11.9. The number of rotatable bonds is 6. The third-order valence-electron chi connectivity index (χ3n) is 3.84. The molecule has 1 N–H and O–H groups in total. The van der Waals surface area contributed by atoms with Gasteiger partial charge in [-0.3, -0.25) is 4.79 Å². The van der Waals surface area contributed by atoms with Gasteiger partial charge in [0.1, 0.15) is 11.9 Å². The largest absolute Gasteiger partial charge is 0.350 e. The Morgan fingerprint density at radius 1 is 1.04 bits per heavy atom. The highest BCUT2D eigenvalue weighted by atomic mass is 16.2. The zero-order valence-corrected chi connectivity index (χ0v) is 13.5. The van der Waals surface area contributed by atoms with E-state index < -0.39 is 6.04 Å². The molecule has 0 saturated heterocycles. The molecular weight excluding hydrogens is 302 g/mol. The van der Waals surface area contributed by atoms with Gasteiger partial charge in [0.05, 0.1) is 0 Å². The molecule has 0 bridgehead atoms. The molecule has 6 nitrogen and oxygen atoms in total. The monoisotopic (exact) mass is 321 g/mol. The van der Waals surface area contributed by atoms with Gasteiger partial charge in [0.2, 0.25) is 5.91 Å². The molecule has 1 unspecified atom stereocenters. The molecule has 0 radical (unpaired) electrons. The van der Waals surface area contributed by atoms with Gasteiger partial charge in [0, 0.05) is 13.0 Å². The summed E-state index contributed by atoms with van der Waals surface area (Å²) in [6.45, 7) is 2.27. The van der Waals surface area contributed by atoms with E-state index in [1.807, 2.05) is 60.7 Å². The number of nitrogens with zero attached hydrogens (tertiary/aromatic N) is 4. The first-order valence-electron chi connectivity index (χ1n) is 7.84. The van der Waals surface area contributed by atoms with E-state index >= 15 is 0 Å². The van der Waals surface area contributed by atoms with Crippen molar-refractivity contribution in [1.29, 1.82) is 0 Å². The van der Waals surface area contributed by atoms with Crippen molar-refractivity contribution in [1.82, 2.24) is 25.5 Å². The summed E-state index contributed by atoms with van der Waals surface area (Å²) in [6.07, 6.45) is 0.535. The molecule has 6 heteroatoms. The lowest BCUT2D eigenvalue weighted by Crippen LogP contribution is -2.34. The number of carbonyl (C=O) groups excluding carboxylic acids is 1. The molecule has 2 aromatic carbocycles. The van der Waals surface area contributed by atoms with Crippen LogP contribution < -0.4 is 5.32 Å². The Labute approximate surface area is 140 Å². The second-order valence-electron chi connectivity index (χ2n) is 5.58. The fourth-order valence-corrected chi connectivity index (χ4v) is 2.56. The summed E-state index contributed by atoms with van der Waals surface area (Å²) >= 11 is 0. The van der Waals surface area contributed by atoms with E-state index in [4.69, 9.17) is 0 Å². The van der Waals surface area contributed by atoms with Gasteiger partial charge in [-0.25, -0.2) is 4.68 Å². The molecule has 122 valence electrons. The molecule has 1 amide bonds. The molecule has 0 aliphatic heterocycles. The predicted molar refractivity (Wildman–Crippen MR) is 90.0 cm³/mol. The van der Waals surface area contributed by atoms with Gasteiger partial charge in [0.25, 0.3) is 0 Å². The summed E-state index contributed by atoms with van der Waals surface area (Å²) in [7, 11) is 0. The lowest BCUT2D eigenvalue weighted by Gasteiger charge is -2.17. The number of aromatic nitrogens is 4. The number of amides is 1. The zero-order valence-electron chi connectivity index (χ0n) is 13.5. The highest BCUT2D eigenvalue weighted by Crippen LogP contribution is 2.15. The molecule has 1 heterocycles. The molecule has 1 atom stereocenters. The van der Waals surface area contributed by atoms with Crippen LogP contribution in [-0.2, 0) is 17.8 Å². The molecule has 1 aromatic heterocycles. The van der Waals surface area contributed by atoms with E-state index in [0.717, 1.165) is 11.1 Å². The minimum atomic E-state index is -0.480. The molecule has 0 spiro atoms. The van der Waals surface area contributed by atoms with E-state index in [9.17, 15) is 4.79 Å². The Balaban J connectivity index is 1.76. The second kappa shape index (κ2) is 7.50. The van der Waals surface area contributed by atoms with Gasteiger partial charge in [-0.1, -0.05) is 60.7 Å². The van der Waals surface area contributed by atoms with Crippen LogP contribution >= 0.6 is 0 Å². The third kappa shape index (κ3) is 3.84. The number of tetrazole rings is 1. The fraction of sp³-hybridized carbons (Fsp3) is 0.222. The van der Waals surface area contributed by atoms with Crippen LogP contribution in [0.1, 0.15) is 23.0 Å². The topological polar surface area (TPSA) is 72.7 Å². The van der Waals surface area contributed by atoms with E-state index in [1.165, 1.54) is 0 Å². The Morgan fingerprint density at radius 3 is 2.25 bits per heavy atom. The van der Waals surface area contributed by atoms with Gasteiger partial charge in [-0.05, 0) is 28.5 Å². The molecular formula is C18H19N5O. The van der Waals surface area contributed by atoms with Gasteiger partial charge in [-0.15, -0.1) is 5.10 Å². The van der Waals surface area contributed by atoms with Gasteiger partial charge in [0.15, 0.2) is 0 Å². The van der Waals surface area contributed by atoms with Crippen molar-refractivity contribution < 1.29 is 4.79 Å². The summed E-state index contributed by atoms with van der Waals surface area (Å²) in [5.41, 5.74) is 2.12. The van der Waals surface area contributed by atoms with Crippen LogP contribution in [0.2, 0.25) is 0 Å². The Hall–Kier alpha value is -3.02. The standard InChI is InChI=1S/C18H19N5O/c1-14-20-21-22-23(14)17(12-15-8-4-2-5-9-15)18(24)19-13-16-10-6-3-7-11-16/h2-11,17H,12-13H2,1H3,(H,19,24). The van der Waals surface area contributed by atoms with E-state index in [1.54, 1.807) is 11.6 Å². The van der Waals surface area contributed by atoms with Crippen LogP contribution in [0.25, 0.3) is 0 Å². The maximum atomic E-state index is 12.7. The predicted octanol–water partition coefficient (Wildman–Crippen LogP) is 2.08. The van der Waals surface area contributed by atoms with E-state index in [-0.39, 0.29) is 5.91 Å². The van der Waals surface area contributed by atoms with E-state index in [2.05, 4.69) is 20.8 Å². The minimum absolute atomic E-state index is 0.0990. The van der Waals surface area contributed by atoms with Crippen LogP contribution in [0.5, 0.6) is 0 Å². The number of carbonyl (C=O) groups is 1. The number of hydrogen-bond acceptors (Lipinski definition) is 4. The average Bonchev–Trinajstić information content (AvgIpc) is 3.05. The van der Waals surface area contributed by atoms with Crippen molar-refractivity contribution in [2.75, 3.05) is 0 Å². The number of nitrogens with one attached hydrogen (secondary N) is 1. The van der Waals surface area contributed by atoms with Crippen LogP contribution in [0.4, 0.5) is 0 Å². The van der Waals surface area contributed by atoms with Crippen LogP contribution in [-0.4, -0.2) is 26.1 Å². The highest BCUT2D eigenvalue weighted by Gasteiger charge is 2.23. The quantitative estimate of drug-likeness (QED) is 0.754. The number of aryl methyl sites for hydroxylation is 1. The zero-order chi connectivity index (χ0) is 16.8. The number of benzene rings is 2. The lowest BCUT2D eigenvalue weighted by molar-refractivity contribution is -0.124. The van der Waals surface area contributed by atoms with Crippen LogP contribution in [0.3, 0.4) is 0 Å². The molecule has 3 rings (SSSR count). The third-order valence-corrected chi connectivity index (χ3v) is 3.84. The van der Waals surface area contributed by atoms with Crippen LogP contribution in [0, 0.1) is 6.92 Å². The summed E-state index contributed by atoms with van der Waals surface area (Å²) in [4.78, 5) is 12.7. The van der Waals surface area contributed by atoms with Crippen molar-refractivity contribution in [2.45, 2.75) is 25.9 Å². The Bertz CT molecular complexity index is 785. The molecule has 0 aliphatic rings. The first-order chi connectivity index (χ1) is 11.7. The van der Waals surface area contributed by atoms with Crippen molar-refractivity contribution in [3.05, 3.63) is 77.6 Å². The minimum Gasteiger partial charge on any atom is -0.350 e. The Kier molecular flexibility index (Phi) is 4.96. The highest BCUT2D eigenvalue weighted by molar-refractivity contribution is 5.80. The maximum absolute atomic E-state index is 12.7. The van der Waals surface area contributed by atoms with Crippen LogP contribution in [0.15, 0.2) is 60.7 Å². The fourth-order valence-electron chi connectivity index (χ4n) is 2.56. The average molecular weight is 321 g/mol. The summed E-state index contributed by atoms with van der Waals surface area (Å²) in [5, 5.41) is 14.5.